The van der Waals surface area contributed by atoms with Gasteiger partial charge in [0.05, 0.1) is 25.5 Å². The fourth-order valence-corrected chi connectivity index (χ4v) is 3.60. The number of pyridine rings is 1. The van der Waals surface area contributed by atoms with Crippen molar-refractivity contribution in [2.75, 3.05) is 21.3 Å². The highest BCUT2D eigenvalue weighted by Gasteiger charge is 2.17. The van der Waals surface area contributed by atoms with Crippen molar-refractivity contribution in [3.8, 4) is 23.0 Å². The predicted molar refractivity (Wildman–Crippen MR) is 117 cm³/mol. The maximum absolute atomic E-state index is 5.97. The van der Waals surface area contributed by atoms with E-state index in [1.165, 1.54) is 10.9 Å². The molecule has 4 aromatic rings. The minimum absolute atomic E-state index is 0.548. The molecule has 0 spiro atoms. The van der Waals surface area contributed by atoms with E-state index >= 15 is 0 Å². The zero-order chi connectivity index (χ0) is 21.1. The summed E-state index contributed by atoms with van der Waals surface area (Å²) in [6.45, 7) is 3.42. The predicted octanol–water partition coefficient (Wildman–Crippen LogP) is 4.85. The van der Waals surface area contributed by atoms with E-state index in [0.717, 1.165) is 34.7 Å². The molecule has 0 unspecified atom stereocenters. The van der Waals surface area contributed by atoms with Gasteiger partial charge < -0.3 is 13.9 Å². The highest BCUT2D eigenvalue weighted by Crippen LogP contribution is 2.34. The van der Waals surface area contributed by atoms with Crippen LogP contribution in [0.4, 0.5) is 0 Å². The highest BCUT2D eigenvalue weighted by atomic mass is 16.5. The summed E-state index contributed by atoms with van der Waals surface area (Å²) in [6, 6.07) is 14.0. The summed E-state index contributed by atoms with van der Waals surface area (Å²) in [6.07, 6.45) is 3.73. The first kappa shape index (κ1) is 19.9. The Morgan fingerprint density at radius 1 is 1.03 bits per heavy atom. The molecule has 2 heterocycles. The zero-order valence-electron chi connectivity index (χ0n) is 17.7. The molecular formula is C24H25N3O3. The average Bonchev–Trinajstić information content (AvgIpc) is 3.13. The number of hydrogen-bond acceptors (Lipinski definition) is 6. The molecular weight excluding hydrogens is 378 g/mol. The molecule has 2 aromatic heterocycles. The first-order chi connectivity index (χ1) is 14.6. The summed E-state index contributed by atoms with van der Waals surface area (Å²) in [4.78, 5) is 11.2. The number of benzene rings is 2. The van der Waals surface area contributed by atoms with Crippen LogP contribution in [-0.4, -0.2) is 36.1 Å². The van der Waals surface area contributed by atoms with E-state index in [4.69, 9.17) is 18.9 Å². The Morgan fingerprint density at radius 2 is 1.90 bits per heavy atom. The molecule has 0 atom stereocenters. The van der Waals surface area contributed by atoms with E-state index in [0.29, 0.717) is 18.2 Å². The van der Waals surface area contributed by atoms with Gasteiger partial charge in [-0.3, -0.25) is 9.88 Å². The van der Waals surface area contributed by atoms with Gasteiger partial charge in [0.1, 0.15) is 17.3 Å². The second-order valence-electron chi connectivity index (χ2n) is 7.27. The SMILES string of the molecule is COc1ccc(-c2nc(CN(C)Cc3cccc4cnccc34)c(C)o2)c(OC)c1. The fraction of sp³-hybridized carbons (Fsp3) is 0.250. The number of aryl methyl sites for hydroxylation is 1. The molecule has 0 bridgehead atoms. The largest absolute Gasteiger partial charge is 0.497 e. The number of fused-ring (bicyclic) bond motifs is 1. The van der Waals surface area contributed by atoms with E-state index in [1.807, 2.05) is 37.5 Å². The Kier molecular flexibility index (Phi) is 5.68. The van der Waals surface area contributed by atoms with Crippen LogP contribution in [0.2, 0.25) is 0 Å². The van der Waals surface area contributed by atoms with Gasteiger partial charge in [0.15, 0.2) is 0 Å². The van der Waals surface area contributed by atoms with E-state index < -0.39 is 0 Å². The van der Waals surface area contributed by atoms with Crippen molar-refractivity contribution in [3.63, 3.8) is 0 Å². The molecule has 0 fully saturated rings. The minimum Gasteiger partial charge on any atom is -0.497 e. The summed E-state index contributed by atoms with van der Waals surface area (Å²) in [7, 11) is 5.34. The van der Waals surface area contributed by atoms with E-state index in [2.05, 4.69) is 41.2 Å². The lowest BCUT2D eigenvalue weighted by Gasteiger charge is -2.17. The van der Waals surface area contributed by atoms with Gasteiger partial charge in [0.25, 0.3) is 0 Å². The van der Waals surface area contributed by atoms with Crippen LogP contribution in [0.15, 0.2) is 59.3 Å². The van der Waals surface area contributed by atoms with Crippen LogP contribution >= 0.6 is 0 Å². The first-order valence-electron chi connectivity index (χ1n) is 9.78. The Morgan fingerprint density at radius 3 is 2.70 bits per heavy atom. The van der Waals surface area contributed by atoms with E-state index in [-0.39, 0.29) is 0 Å². The Balaban J connectivity index is 1.55. The van der Waals surface area contributed by atoms with Gasteiger partial charge in [0.2, 0.25) is 5.89 Å². The maximum atomic E-state index is 5.97. The van der Waals surface area contributed by atoms with Crippen molar-refractivity contribution in [2.45, 2.75) is 20.0 Å². The molecule has 0 N–H and O–H groups in total. The molecule has 2 aromatic carbocycles. The lowest BCUT2D eigenvalue weighted by atomic mass is 10.1. The van der Waals surface area contributed by atoms with Gasteiger partial charge in [0, 0.05) is 36.9 Å². The number of methoxy groups -OCH3 is 2. The van der Waals surface area contributed by atoms with Gasteiger partial charge in [-0.15, -0.1) is 0 Å². The van der Waals surface area contributed by atoms with Crippen LogP contribution in [0.1, 0.15) is 17.0 Å². The van der Waals surface area contributed by atoms with Crippen LogP contribution in [-0.2, 0) is 13.1 Å². The van der Waals surface area contributed by atoms with E-state index in [1.54, 1.807) is 14.2 Å². The standard InChI is InChI=1S/C24H25N3O3/c1-16-22(26-24(30-16)21-9-8-19(28-3)12-23(21)29-4)15-27(2)14-18-7-5-6-17-13-25-11-10-20(17)18/h5-13H,14-15H2,1-4H3. The van der Waals surface area contributed by atoms with Gasteiger partial charge in [-0.25, -0.2) is 4.98 Å². The number of ether oxygens (including phenoxy) is 2. The number of aromatic nitrogens is 2. The van der Waals surface area contributed by atoms with Crippen molar-refractivity contribution in [1.29, 1.82) is 0 Å². The highest BCUT2D eigenvalue weighted by molar-refractivity contribution is 5.84. The summed E-state index contributed by atoms with van der Waals surface area (Å²) in [5.74, 6) is 2.74. The molecule has 0 radical (unpaired) electrons. The summed E-state index contributed by atoms with van der Waals surface area (Å²) < 4.78 is 16.7. The normalized spacial score (nSPS) is 11.2. The van der Waals surface area contributed by atoms with Gasteiger partial charge in [-0.05, 0) is 43.1 Å². The topological polar surface area (TPSA) is 60.6 Å². The molecule has 0 saturated heterocycles. The molecule has 6 nitrogen and oxygen atoms in total. The number of hydrogen-bond donors (Lipinski definition) is 0. The molecule has 0 amide bonds. The van der Waals surface area contributed by atoms with Crippen LogP contribution in [0.3, 0.4) is 0 Å². The van der Waals surface area contributed by atoms with Crippen molar-refractivity contribution >= 4 is 10.8 Å². The Hall–Kier alpha value is -3.38. The Bertz CT molecular complexity index is 1160. The Labute approximate surface area is 176 Å². The summed E-state index contributed by atoms with van der Waals surface area (Å²) in [5.41, 5.74) is 2.97. The smallest absolute Gasteiger partial charge is 0.230 e. The average molecular weight is 403 g/mol. The molecule has 4 rings (SSSR count). The van der Waals surface area contributed by atoms with Crippen molar-refractivity contribution in [3.05, 3.63) is 71.9 Å². The number of rotatable bonds is 7. The third kappa shape index (κ3) is 4.00. The molecule has 0 aliphatic rings. The molecule has 0 aliphatic carbocycles. The first-order valence-corrected chi connectivity index (χ1v) is 9.78. The second kappa shape index (κ2) is 8.55. The molecule has 6 heteroatoms. The van der Waals surface area contributed by atoms with E-state index in [9.17, 15) is 0 Å². The van der Waals surface area contributed by atoms with Crippen LogP contribution in [0.25, 0.3) is 22.2 Å². The third-order valence-corrected chi connectivity index (χ3v) is 5.16. The van der Waals surface area contributed by atoms with Gasteiger partial charge in [-0.2, -0.15) is 0 Å². The number of nitrogens with zero attached hydrogens (tertiary/aromatic N) is 3. The fourth-order valence-electron chi connectivity index (χ4n) is 3.60. The third-order valence-electron chi connectivity index (χ3n) is 5.16. The molecule has 154 valence electrons. The van der Waals surface area contributed by atoms with Crippen LogP contribution < -0.4 is 9.47 Å². The maximum Gasteiger partial charge on any atom is 0.230 e. The lowest BCUT2D eigenvalue weighted by Crippen LogP contribution is -2.18. The summed E-state index contributed by atoms with van der Waals surface area (Å²) in [5, 5.41) is 2.37. The lowest BCUT2D eigenvalue weighted by molar-refractivity contribution is 0.314. The number of oxazole rings is 1. The van der Waals surface area contributed by atoms with Gasteiger partial charge in [-0.1, -0.05) is 18.2 Å². The zero-order valence-corrected chi connectivity index (χ0v) is 17.7. The monoisotopic (exact) mass is 403 g/mol. The van der Waals surface area contributed by atoms with Gasteiger partial charge >= 0.3 is 0 Å². The second-order valence-corrected chi connectivity index (χ2v) is 7.27. The van der Waals surface area contributed by atoms with Crippen LogP contribution in [0, 0.1) is 6.92 Å². The molecule has 0 saturated carbocycles. The molecule has 30 heavy (non-hydrogen) atoms. The quantitative estimate of drug-likeness (QED) is 0.440. The molecule has 0 aliphatic heterocycles. The minimum atomic E-state index is 0.548. The van der Waals surface area contributed by atoms with Crippen molar-refractivity contribution < 1.29 is 13.9 Å². The van der Waals surface area contributed by atoms with Crippen LogP contribution in [0.5, 0.6) is 11.5 Å². The van der Waals surface area contributed by atoms with Crippen molar-refractivity contribution in [2.24, 2.45) is 0 Å². The van der Waals surface area contributed by atoms with Crippen molar-refractivity contribution in [1.82, 2.24) is 14.9 Å². The summed E-state index contributed by atoms with van der Waals surface area (Å²) >= 11 is 0.